The number of nitrogens with one attached hydrogen (secondary N) is 1. The Balaban J connectivity index is 2.34. The summed E-state index contributed by atoms with van der Waals surface area (Å²) in [5, 5.41) is 2.59. The molecule has 2 aromatic carbocycles. The molecular formula is C16H10N2O. The molecule has 0 atom stereocenters. The first kappa shape index (κ1) is 10.3. The maximum Gasteiger partial charge on any atom is 0.257 e. The monoisotopic (exact) mass is 246 g/mol. The van der Waals surface area contributed by atoms with Crippen molar-refractivity contribution in [2.24, 2.45) is 0 Å². The van der Waals surface area contributed by atoms with Gasteiger partial charge in [-0.25, -0.2) is 4.98 Å². The summed E-state index contributed by atoms with van der Waals surface area (Å²) < 4.78 is 0. The summed E-state index contributed by atoms with van der Waals surface area (Å²) >= 11 is 0. The first-order chi connectivity index (χ1) is 9.33. The second kappa shape index (κ2) is 3.65. The molecule has 90 valence electrons. The highest BCUT2D eigenvalue weighted by Gasteiger charge is 2.07. The fourth-order valence-corrected chi connectivity index (χ4v) is 2.48. The van der Waals surface area contributed by atoms with E-state index in [-0.39, 0.29) is 5.56 Å². The summed E-state index contributed by atoms with van der Waals surface area (Å²) in [7, 11) is 0. The lowest BCUT2D eigenvalue weighted by molar-refractivity contribution is 1.33. The minimum Gasteiger partial charge on any atom is -0.321 e. The van der Waals surface area contributed by atoms with Gasteiger partial charge < -0.3 is 4.98 Å². The van der Waals surface area contributed by atoms with Crippen LogP contribution < -0.4 is 5.56 Å². The van der Waals surface area contributed by atoms with Crippen LogP contribution in [0.3, 0.4) is 0 Å². The van der Waals surface area contributed by atoms with Crippen LogP contribution in [0.15, 0.2) is 59.4 Å². The summed E-state index contributed by atoms with van der Waals surface area (Å²) in [4.78, 5) is 19.7. The van der Waals surface area contributed by atoms with Crippen molar-refractivity contribution in [3.63, 3.8) is 0 Å². The zero-order valence-corrected chi connectivity index (χ0v) is 10.1. The Bertz CT molecular complexity index is 986. The van der Waals surface area contributed by atoms with Gasteiger partial charge in [0.25, 0.3) is 5.56 Å². The van der Waals surface area contributed by atoms with E-state index < -0.39 is 0 Å². The number of H-pyrrole nitrogens is 1. The Morgan fingerprint density at radius 1 is 0.895 bits per heavy atom. The molecule has 0 unspecified atom stereocenters. The summed E-state index contributed by atoms with van der Waals surface area (Å²) in [6, 6.07) is 17.5. The van der Waals surface area contributed by atoms with E-state index in [9.17, 15) is 4.79 Å². The standard InChI is InChI=1S/C16H10N2O/c19-16-12-9-10-5-1-3-7-13(10)17-15(12)11-6-2-4-8-14(11)18-16/h1-9H,(H,18,19). The third kappa shape index (κ3) is 1.45. The summed E-state index contributed by atoms with van der Waals surface area (Å²) in [6.45, 7) is 0. The van der Waals surface area contributed by atoms with Crippen LogP contribution in [-0.2, 0) is 0 Å². The average molecular weight is 246 g/mol. The second-order valence-electron chi connectivity index (χ2n) is 4.58. The summed E-state index contributed by atoms with van der Waals surface area (Å²) in [6.07, 6.45) is 0. The van der Waals surface area contributed by atoms with Crippen LogP contribution in [0.5, 0.6) is 0 Å². The largest absolute Gasteiger partial charge is 0.321 e. The van der Waals surface area contributed by atoms with Crippen LogP contribution in [0.25, 0.3) is 32.7 Å². The van der Waals surface area contributed by atoms with Crippen molar-refractivity contribution in [3.8, 4) is 0 Å². The zero-order chi connectivity index (χ0) is 12.8. The Hall–Kier alpha value is -2.68. The normalized spacial score (nSPS) is 11.4. The SMILES string of the molecule is O=c1[nH]c2ccccc2c2nc3ccccc3cc12. The minimum absolute atomic E-state index is 0.0908. The molecule has 0 saturated carbocycles. The molecule has 19 heavy (non-hydrogen) atoms. The van der Waals surface area contributed by atoms with Gasteiger partial charge in [0, 0.05) is 10.8 Å². The molecule has 0 radical (unpaired) electrons. The van der Waals surface area contributed by atoms with Gasteiger partial charge in [-0.15, -0.1) is 0 Å². The number of para-hydroxylation sites is 2. The molecule has 4 rings (SSSR count). The Kier molecular flexibility index (Phi) is 1.97. The molecule has 0 saturated heterocycles. The topological polar surface area (TPSA) is 45.8 Å². The van der Waals surface area contributed by atoms with Crippen molar-refractivity contribution < 1.29 is 0 Å². The minimum atomic E-state index is -0.0908. The van der Waals surface area contributed by atoms with Crippen LogP contribution in [0.2, 0.25) is 0 Å². The third-order valence-corrected chi connectivity index (χ3v) is 3.40. The summed E-state index contributed by atoms with van der Waals surface area (Å²) in [5.74, 6) is 0. The van der Waals surface area contributed by atoms with Crippen LogP contribution in [0.1, 0.15) is 0 Å². The predicted molar refractivity (Wildman–Crippen MR) is 77.4 cm³/mol. The number of hydrogen-bond donors (Lipinski definition) is 1. The van der Waals surface area contributed by atoms with Crippen molar-refractivity contribution in [1.82, 2.24) is 9.97 Å². The van der Waals surface area contributed by atoms with Crippen molar-refractivity contribution in [1.29, 1.82) is 0 Å². The molecule has 0 spiro atoms. The van der Waals surface area contributed by atoms with E-state index >= 15 is 0 Å². The third-order valence-electron chi connectivity index (χ3n) is 3.40. The van der Waals surface area contributed by atoms with Crippen LogP contribution in [0.4, 0.5) is 0 Å². The Morgan fingerprint density at radius 3 is 2.63 bits per heavy atom. The molecule has 0 amide bonds. The molecule has 0 fully saturated rings. The lowest BCUT2D eigenvalue weighted by Crippen LogP contribution is -2.07. The lowest BCUT2D eigenvalue weighted by atomic mass is 10.1. The van der Waals surface area contributed by atoms with Gasteiger partial charge in [0.2, 0.25) is 0 Å². The fraction of sp³-hybridized carbons (Fsp3) is 0. The first-order valence-electron chi connectivity index (χ1n) is 6.13. The molecule has 0 aliphatic rings. The van der Waals surface area contributed by atoms with Crippen LogP contribution >= 0.6 is 0 Å². The maximum absolute atomic E-state index is 12.1. The molecule has 4 aromatic rings. The average Bonchev–Trinajstić information content (AvgIpc) is 2.46. The molecule has 0 aliphatic carbocycles. The van der Waals surface area contributed by atoms with E-state index in [0.717, 1.165) is 27.3 Å². The smallest absolute Gasteiger partial charge is 0.257 e. The number of fused-ring (bicyclic) bond motifs is 4. The van der Waals surface area contributed by atoms with Gasteiger partial charge in [-0.1, -0.05) is 36.4 Å². The number of hydrogen-bond acceptors (Lipinski definition) is 2. The lowest BCUT2D eigenvalue weighted by Gasteiger charge is -2.04. The van der Waals surface area contributed by atoms with Crippen molar-refractivity contribution in [3.05, 3.63) is 65.0 Å². The number of rotatable bonds is 0. The number of aromatic nitrogens is 2. The molecule has 0 bridgehead atoms. The zero-order valence-electron chi connectivity index (χ0n) is 10.1. The van der Waals surface area contributed by atoms with Gasteiger partial charge in [0.15, 0.2) is 0 Å². The molecular weight excluding hydrogens is 236 g/mol. The Labute approximate surface area is 108 Å². The molecule has 3 nitrogen and oxygen atoms in total. The second-order valence-corrected chi connectivity index (χ2v) is 4.58. The number of benzene rings is 2. The van der Waals surface area contributed by atoms with E-state index in [2.05, 4.69) is 9.97 Å². The first-order valence-corrected chi connectivity index (χ1v) is 6.13. The van der Waals surface area contributed by atoms with Gasteiger partial charge in [-0.2, -0.15) is 0 Å². The van der Waals surface area contributed by atoms with Crippen molar-refractivity contribution in [2.75, 3.05) is 0 Å². The van der Waals surface area contributed by atoms with Gasteiger partial charge in [-0.05, 0) is 18.2 Å². The quantitative estimate of drug-likeness (QED) is 0.382. The van der Waals surface area contributed by atoms with Gasteiger partial charge in [-0.3, -0.25) is 4.79 Å². The molecule has 1 N–H and O–H groups in total. The number of pyridine rings is 2. The Morgan fingerprint density at radius 2 is 1.68 bits per heavy atom. The number of nitrogens with zero attached hydrogens (tertiary/aromatic N) is 1. The van der Waals surface area contributed by atoms with Crippen LogP contribution in [0, 0.1) is 0 Å². The van der Waals surface area contributed by atoms with Gasteiger partial charge in [0.1, 0.15) is 0 Å². The van der Waals surface area contributed by atoms with Crippen molar-refractivity contribution in [2.45, 2.75) is 0 Å². The molecule has 3 heteroatoms. The molecule has 2 heterocycles. The van der Waals surface area contributed by atoms with E-state index in [4.69, 9.17) is 0 Å². The van der Waals surface area contributed by atoms with E-state index in [1.807, 2.05) is 54.6 Å². The predicted octanol–water partition coefficient (Wildman–Crippen LogP) is 3.23. The highest BCUT2D eigenvalue weighted by atomic mass is 16.1. The summed E-state index contributed by atoms with van der Waals surface area (Å²) in [5.41, 5.74) is 2.40. The van der Waals surface area contributed by atoms with E-state index in [1.165, 1.54) is 0 Å². The molecule has 0 aliphatic heterocycles. The van der Waals surface area contributed by atoms with E-state index in [1.54, 1.807) is 0 Å². The fourth-order valence-electron chi connectivity index (χ4n) is 2.48. The van der Waals surface area contributed by atoms with Crippen LogP contribution in [-0.4, -0.2) is 9.97 Å². The number of aromatic amines is 1. The highest BCUT2D eigenvalue weighted by molar-refractivity contribution is 6.06. The molecule has 2 aromatic heterocycles. The van der Waals surface area contributed by atoms with Gasteiger partial charge >= 0.3 is 0 Å². The highest BCUT2D eigenvalue weighted by Crippen LogP contribution is 2.22. The van der Waals surface area contributed by atoms with Gasteiger partial charge in [0.05, 0.1) is 21.9 Å². The maximum atomic E-state index is 12.1. The van der Waals surface area contributed by atoms with Crippen molar-refractivity contribution >= 4 is 32.7 Å². The van der Waals surface area contributed by atoms with E-state index in [0.29, 0.717) is 5.39 Å².